The highest BCUT2D eigenvalue weighted by Crippen LogP contribution is 2.37. The van der Waals surface area contributed by atoms with Gasteiger partial charge in [0.1, 0.15) is 0 Å². The SMILES string of the molecule is C#CC(C)NC(C)c1cc(C(F)(F)F)cc(C(F)(F)F)c1. The Balaban J connectivity index is 3.29. The molecule has 2 unspecified atom stereocenters. The summed E-state index contributed by atoms with van der Waals surface area (Å²) < 4.78 is 76.2. The molecule has 0 aromatic heterocycles. The summed E-state index contributed by atoms with van der Waals surface area (Å²) >= 11 is 0. The Morgan fingerprint density at radius 1 is 0.952 bits per heavy atom. The van der Waals surface area contributed by atoms with Gasteiger partial charge in [-0.1, -0.05) is 5.92 Å². The van der Waals surface area contributed by atoms with Gasteiger partial charge in [-0.25, -0.2) is 0 Å². The van der Waals surface area contributed by atoms with Crippen LogP contribution in [0.1, 0.15) is 36.6 Å². The van der Waals surface area contributed by atoms with Crippen molar-refractivity contribution >= 4 is 0 Å². The third-order valence-electron chi connectivity index (χ3n) is 2.86. The molecule has 0 spiro atoms. The maximum atomic E-state index is 12.7. The monoisotopic (exact) mass is 309 g/mol. The van der Waals surface area contributed by atoms with E-state index in [0.717, 1.165) is 0 Å². The Kier molecular flexibility index (Phi) is 4.95. The number of halogens is 6. The molecule has 0 aliphatic carbocycles. The van der Waals surface area contributed by atoms with Gasteiger partial charge >= 0.3 is 12.4 Å². The Morgan fingerprint density at radius 2 is 1.38 bits per heavy atom. The molecule has 2 atom stereocenters. The van der Waals surface area contributed by atoms with Gasteiger partial charge in [-0.2, -0.15) is 26.3 Å². The van der Waals surface area contributed by atoms with Gasteiger partial charge in [0, 0.05) is 6.04 Å². The molecule has 0 saturated heterocycles. The fraction of sp³-hybridized carbons (Fsp3) is 0.429. The van der Waals surface area contributed by atoms with Crippen LogP contribution in [0.15, 0.2) is 18.2 Å². The van der Waals surface area contributed by atoms with Crippen molar-refractivity contribution in [2.45, 2.75) is 38.3 Å². The predicted molar refractivity (Wildman–Crippen MR) is 66.3 cm³/mol. The molecule has 0 saturated carbocycles. The van der Waals surface area contributed by atoms with Crippen molar-refractivity contribution in [2.24, 2.45) is 0 Å². The van der Waals surface area contributed by atoms with E-state index in [1.807, 2.05) is 0 Å². The van der Waals surface area contributed by atoms with E-state index in [4.69, 9.17) is 6.42 Å². The fourth-order valence-corrected chi connectivity index (χ4v) is 1.75. The number of alkyl halides is 6. The standard InChI is InChI=1S/C14H13F6N/c1-4-8(2)21-9(3)10-5-11(13(15,16)17)7-12(6-10)14(18,19)20/h1,5-9,21H,2-3H3. The van der Waals surface area contributed by atoms with Crippen LogP contribution in [0.5, 0.6) is 0 Å². The number of rotatable bonds is 3. The first-order valence-corrected chi connectivity index (χ1v) is 5.96. The molecule has 1 aromatic carbocycles. The lowest BCUT2D eigenvalue weighted by atomic mass is 10.00. The van der Waals surface area contributed by atoms with E-state index in [1.165, 1.54) is 6.92 Å². The maximum absolute atomic E-state index is 12.7. The lowest BCUT2D eigenvalue weighted by Crippen LogP contribution is -2.28. The van der Waals surface area contributed by atoms with Gasteiger partial charge in [0.15, 0.2) is 0 Å². The number of benzene rings is 1. The number of terminal acetylenes is 1. The second-order valence-electron chi connectivity index (χ2n) is 4.62. The second-order valence-corrected chi connectivity index (χ2v) is 4.62. The summed E-state index contributed by atoms with van der Waals surface area (Å²) in [5, 5.41) is 2.73. The van der Waals surface area contributed by atoms with E-state index in [0.29, 0.717) is 12.1 Å². The number of hydrogen-bond donors (Lipinski definition) is 1. The van der Waals surface area contributed by atoms with Crippen molar-refractivity contribution in [3.05, 3.63) is 34.9 Å². The van der Waals surface area contributed by atoms with Crippen molar-refractivity contribution in [3.63, 3.8) is 0 Å². The van der Waals surface area contributed by atoms with Gasteiger partial charge < -0.3 is 0 Å². The highest BCUT2D eigenvalue weighted by atomic mass is 19.4. The van der Waals surface area contributed by atoms with E-state index in [2.05, 4.69) is 11.2 Å². The first-order chi connectivity index (χ1) is 9.45. The highest BCUT2D eigenvalue weighted by molar-refractivity contribution is 5.35. The molecule has 0 heterocycles. The van der Waals surface area contributed by atoms with E-state index in [9.17, 15) is 26.3 Å². The normalized spacial score (nSPS) is 15.4. The van der Waals surface area contributed by atoms with Gasteiger partial charge in [0.25, 0.3) is 0 Å². The predicted octanol–water partition coefficient (Wildman–Crippen LogP) is 4.40. The zero-order chi connectivity index (χ0) is 16.4. The molecule has 1 rings (SSSR count). The molecule has 0 fully saturated rings. The van der Waals surface area contributed by atoms with Gasteiger partial charge in [0.2, 0.25) is 0 Å². The first kappa shape index (κ1) is 17.4. The van der Waals surface area contributed by atoms with Crippen molar-refractivity contribution in [2.75, 3.05) is 0 Å². The van der Waals surface area contributed by atoms with E-state index in [-0.39, 0.29) is 11.6 Å². The van der Waals surface area contributed by atoms with Crippen molar-refractivity contribution < 1.29 is 26.3 Å². The third kappa shape index (κ3) is 4.67. The molecule has 7 heteroatoms. The average Bonchev–Trinajstić information content (AvgIpc) is 2.35. The van der Waals surface area contributed by atoms with Gasteiger partial charge in [-0.3, -0.25) is 5.32 Å². The van der Waals surface area contributed by atoms with Crippen LogP contribution in [0.2, 0.25) is 0 Å². The van der Waals surface area contributed by atoms with Crippen LogP contribution in [0.3, 0.4) is 0 Å². The quantitative estimate of drug-likeness (QED) is 0.645. The molecule has 116 valence electrons. The fourth-order valence-electron chi connectivity index (χ4n) is 1.75. The summed E-state index contributed by atoms with van der Waals surface area (Å²) in [4.78, 5) is 0. The van der Waals surface area contributed by atoms with Gasteiger partial charge in [-0.15, -0.1) is 6.42 Å². The highest BCUT2D eigenvalue weighted by Gasteiger charge is 2.37. The number of nitrogens with one attached hydrogen (secondary N) is 1. The third-order valence-corrected chi connectivity index (χ3v) is 2.86. The average molecular weight is 309 g/mol. The van der Waals surface area contributed by atoms with Crippen LogP contribution < -0.4 is 5.32 Å². The summed E-state index contributed by atoms with van der Waals surface area (Å²) in [6, 6.07) is 0.246. The lowest BCUT2D eigenvalue weighted by molar-refractivity contribution is -0.143. The van der Waals surface area contributed by atoms with Crippen LogP contribution in [0.25, 0.3) is 0 Å². The van der Waals surface area contributed by atoms with Gasteiger partial charge in [0.05, 0.1) is 17.2 Å². The zero-order valence-corrected chi connectivity index (χ0v) is 11.2. The molecule has 0 aliphatic rings. The minimum absolute atomic E-state index is 0.0980. The summed E-state index contributed by atoms with van der Waals surface area (Å²) in [7, 11) is 0. The minimum atomic E-state index is -4.85. The summed E-state index contributed by atoms with van der Waals surface area (Å²) in [5.41, 5.74) is -2.80. The molecule has 0 radical (unpaired) electrons. The van der Waals surface area contributed by atoms with Crippen LogP contribution in [-0.4, -0.2) is 6.04 Å². The van der Waals surface area contributed by atoms with E-state index < -0.39 is 35.6 Å². The Morgan fingerprint density at radius 3 is 1.71 bits per heavy atom. The molecular weight excluding hydrogens is 296 g/mol. The van der Waals surface area contributed by atoms with Crippen LogP contribution in [0.4, 0.5) is 26.3 Å². The van der Waals surface area contributed by atoms with Crippen LogP contribution >= 0.6 is 0 Å². The Bertz CT molecular complexity index is 506. The molecule has 0 aliphatic heterocycles. The first-order valence-electron chi connectivity index (χ1n) is 5.96. The van der Waals surface area contributed by atoms with Crippen LogP contribution in [-0.2, 0) is 12.4 Å². The van der Waals surface area contributed by atoms with E-state index in [1.54, 1.807) is 6.92 Å². The number of hydrogen-bond acceptors (Lipinski definition) is 1. The molecule has 1 nitrogen and oxygen atoms in total. The maximum Gasteiger partial charge on any atom is 0.416 e. The summed E-state index contributed by atoms with van der Waals surface area (Å²) in [6.07, 6.45) is -4.58. The Labute approximate surface area is 118 Å². The zero-order valence-electron chi connectivity index (χ0n) is 11.2. The lowest BCUT2D eigenvalue weighted by Gasteiger charge is -2.20. The van der Waals surface area contributed by atoms with Crippen LogP contribution in [0, 0.1) is 12.3 Å². The second kappa shape index (κ2) is 5.98. The minimum Gasteiger partial charge on any atom is -0.297 e. The molecule has 0 amide bonds. The molecule has 1 N–H and O–H groups in total. The summed E-state index contributed by atoms with van der Waals surface area (Å²) in [5.74, 6) is 2.30. The smallest absolute Gasteiger partial charge is 0.297 e. The van der Waals surface area contributed by atoms with E-state index >= 15 is 0 Å². The Hall–Kier alpha value is -1.68. The van der Waals surface area contributed by atoms with Gasteiger partial charge in [-0.05, 0) is 37.6 Å². The van der Waals surface area contributed by atoms with Crippen molar-refractivity contribution in [3.8, 4) is 12.3 Å². The van der Waals surface area contributed by atoms with Crippen molar-refractivity contribution in [1.29, 1.82) is 0 Å². The molecule has 1 aromatic rings. The largest absolute Gasteiger partial charge is 0.416 e. The molecular formula is C14H13F6N. The van der Waals surface area contributed by atoms with Crippen molar-refractivity contribution in [1.82, 2.24) is 5.32 Å². The summed E-state index contributed by atoms with van der Waals surface area (Å²) in [6.45, 7) is 3.03. The molecule has 21 heavy (non-hydrogen) atoms. The topological polar surface area (TPSA) is 12.0 Å². The molecule has 0 bridgehead atoms.